The van der Waals surface area contributed by atoms with Gasteiger partial charge in [0.05, 0.1) is 10.6 Å². The first kappa shape index (κ1) is 22.9. The van der Waals surface area contributed by atoms with Crippen molar-refractivity contribution in [3.8, 4) is 5.69 Å². The molecule has 0 spiro atoms. The number of aromatic nitrogens is 2. The molecule has 1 heterocycles. The van der Waals surface area contributed by atoms with Gasteiger partial charge in [-0.3, -0.25) is 4.79 Å². The van der Waals surface area contributed by atoms with Crippen molar-refractivity contribution in [3.63, 3.8) is 0 Å². The third kappa shape index (κ3) is 5.06. The molecule has 0 saturated heterocycles. The van der Waals surface area contributed by atoms with E-state index in [0.717, 1.165) is 29.8 Å². The number of hydrogen-bond donors (Lipinski definition) is 2. The topological polar surface area (TPSA) is 93.1 Å². The number of hydrogen-bond acceptors (Lipinski definition) is 4. The first-order chi connectivity index (χ1) is 15.5. The van der Waals surface area contributed by atoms with Crippen LogP contribution in [0.25, 0.3) is 5.69 Å². The van der Waals surface area contributed by atoms with E-state index in [2.05, 4.69) is 10.4 Å². The SMILES string of the molecule is O=C(Nc1ccc(S(=O)(=O)NCC(F)(F)F)cc1)c1nn(-c2ccc(F)cc2)c2c1CCC2. The molecule has 0 bridgehead atoms. The highest BCUT2D eigenvalue weighted by Gasteiger charge is 2.30. The van der Waals surface area contributed by atoms with Crippen LogP contribution in [0.2, 0.25) is 0 Å². The van der Waals surface area contributed by atoms with E-state index in [0.29, 0.717) is 18.5 Å². The molecule has 0 saturated carbocycles. The number of fused-ring (bicyclic) bond motifs is 1. The van der Waals surface area contributed by atoms with Crippen molar-refractivity contribution in [1.29, 1.82) is 0 Å². The number of alkyl halides is 3. The van der Waals surface area contributed by atoms with Crippen LogP contribution in [-0.2, 0) is 22.9 Å². The largest absolute Gasteiger partial charge is 0.402 e. The Labute approximate surface area is 186 Å². The summed E-state index contributed by atoms with van der Waals surface area (Å²) in [7, 11) is -4.35. The molecular formula is C21H18F4N4O3S. The van der Waals surface area contributed by atoms with Gasteiger partial charge < -0.3 is 5.32 Å². The molecule has 7 nitrogen and oxygen atoms in total. The minimum Gasteiger partial charge on any atom is -0.321 e. The van der Waals surface area contributed by atoms with Crippen LogP contribution in [0.15, 0.2) is 53.4 Å². The normalized spacial score (nSPS) is 13.7. The summed E-state index contributed by atoms with van der Waals surface area (Å²) in [5.41, 5.74) is 2.72. The maximum atomic E-state index is 13.3. The second kappa shape index (κ2) is 8.60. The molecule has 0 fully saturated rings. The summed E-state index contributed by atoms with van der Waals surface area (Å²) in [6, 6.07) is 10.5. The molecule has 1 aliphatic carbocycles. The Bertz CT molecular complexity index is 1280. The third-order valence-electron chi connectivity index (χ3n) is 5.10. The summed E-state index contributed by atoms with van der Waals surface area (Å²) in [6.45, 7) is -1.68. The molecule has 2 N–H and O–H groups in total. The summed E-state index contributed by atoms with van der Waals surface area (Å²) in [4.78, 5) is 12.5. The van der Waals surface area contributed by atoms with E-state index in [-0.39, 0.29) is 22.1 Å². The molecule has 1 aliphatic rings. The number of amides is 1. The number of nitrogens with zero attached hydrogens (tertiary/aromatic N) is 2. The lowest BCUT2D eigenvalue weighted by Crippen LogP contribution is -2.33. The highest BCUT2D eigenvalue weighted by Crippen LogP contribution is 2.28. The zero-order chi connectivity index (χ0) is 23.8. The monoisotopic (exact) mass is 482 g/mol. The fourth-order valence-electron chi connectivity index (χ4n) is 3.58. The molecule has 1 aromatic heterocycles. The lowest BCUT2D eigenvalue weighted by Gasteiger charge is -2.10. The smallest absolute Gasteiger partial charge is 0.321 e. The van der Waals surface area contributed by atoms with Crippen molar-refractivity contribution in [2.75, 3.05) is 11.9 Å². The van der Waals surface area contributed by atoms with E-state index in [1.54, 1.807) is 16.8 Å². The standard InChI is InChI=1S/C21H18F4N4O3S/c22-13-4-8-15(9-5-13)29-18-3-1-2-17(18)19(28-29)20(30)27-14-6-10-16(11-7-14)33(31,32)26-12-21(23,24)25/h4-11,26H,1-3,12H2,(H,27,30). The van der Waals surface area contributed by atoms with Gasteiger partial charge in [0, 0.05) is 16.9 Å². The Balaban J connectivity index is 1.52. The zero-order valence-electron chi connectivity index (χ0n) is 17.0. The van der Waals surface area contributed by atoms with Crippen LogP contribution < -0.4 is 10.0 Å². The summed E-state index contributed by atoms with van der Waals surface area (Å²) >= 11 is 0. The second-order valence-electron chi connectivity index (χ2n) is 7.43. The summed E-state index contributed by atoms with van der Waals surface area (Å²) in [5, 5.41) is 7.03. The first-order valence-electron chi connectivity index (χ1n) is 9.88. The van der Waals surface area contributed by atoms with Gasteiger partial charge in [0.25, 0.3) is 5.91 Å². The lowest BCUT2D eigenvalue weighted by molar-refractivity contribution is -0.121. The summed E-state index contributed by atoms with van der Waals surface area (Å²) in [6.07, 6.45) is -2.48. The van der Waals surface area contributed by atoms with Gasteiger partial charge in [-0.1, -0.05) is 0 Å². The van der Waals surface area contributed by atoms with Crippen molar-refractivity contribution in [2.24, 2.45) is 0 Å². The molecule has 0 atom stereocenters. The highest BCUT2D eigenvalue weighted by molar-refractivity contribution is 7.89. The van der Waals surface area contributed by atoms with E-state index >= 15 is 0 Å². The van der Waals surface area contributed by atoms with E-state index in [4.69, 9.17) is 0 Å². The van der Waals surface area contributed by atoms with Gasteiger partial charge in [0.15, 0.2) is 5.69 Å². The number of carbonyl (C=O) groups is 1. The van der Waals surface area contributed by atoms with Gasteiger partial charge >= 0.3 is 6.18 Å². The fourth-order valence-corrected chi connectivity index (χ4v) is 4.60. The second-order valence-corrected chi connectivity index (χ2v) is 9.20. The quantitative estimate of drug-likeness (QED) is 0.525. The molecule has 0 unspecified atom stereocenters. The van der Waals surface area contributed by atoms with Crippen LogP contribution in [0.1, 0.15) is 28.2 Å². The van der Waals surface area contributed by atoms with Crippen LogP contribution >= 0.6 is 0 Å². The van der Waals surface area contributed by atoms with Gasteiger partial charge in [-0.2, -0.15) is 18.3 Å². The average Bonchev–Trinajstić information content (AvgIpc) is 3.36. The number of rotatable bonds is 6. The molecule has 12 heteroatoms. The van der Waals surface area contributed by atoms with Crippen LogP contribution in [0.4, 0.5) is 23.2 Å². The number of halogens is 4. The molecule has 3 aromatic rings. The minimum absolute atomic E-state index is 0.204. The Morgan fingerprint density at radius 3 is 2.33 bits per heavy atom. The molecule has 33 heavy (non-hydrogen) atoms. The predicted octanol–water partition coefficient (Wildman–Crippen LogP) is 3.59. The summed E-state index contributed by atoms with van der Waals surface area (Å²) < 4.78 is 77.2. The van der Waals surface area contributed by atoms with E-state index < -0.39 is 28.7 Å². The van der Waals surface area contributed by atoms with Crippen LogP contribution in [0.3, 0.4) is 0 Å². The first-order valence-corrected chi connectivity index (χ1v) is 11.4. The summed E-state index contributed by atoms with van der Waals surface area (Å²) in [5.74, 6) is -0.903. The van der Waals surface area contributed by atoms with Gasteiger partial charge in [-0.05, 0) is 67.8 Å². The predicted molar refractivity (Wildman–Crippen MR) is 111 cm³/mol. The van der Waals surface area contributed by atoms with Gasteiger partial charge in [0.1, 0.15) is 12.4 Å². The van der Waals surface area contributed by atoms with Crippen molar-refractivity contribution in [2.45, 2.75) is 30.3 Å². The van der Waals surface area contributed by atoms with Crippen LogP contribution in [0, 0.1) is 5.82 Å². The number of nitrogens with one attached hydrogen (secondary N) is 2. The maximum Gasteiger partial charge on any atom is 0.402 e. The molecule has 0 aliphatic heterocycles. The third-order valence-corrected chi connectivity index (χ3v) is 6.52. The molecule has 2 aromatic carbocycles. The van der Waals surface area contributed by atoms with Crippen LogP contribution in [-0.4, -0.2) is 36.8 Å². The van der Waals surface area contributed by atoms with Crippen LogP contribution in [0.5, 0.6) is 0 Å². The Morgan fingerprint density at radius 1 is 1.03 bits per heavy atom. The maximum absolute atomic E-state index is 13.3. The van der Waals surface area contributed by atoms with Gasteiger partial charge in [-0.25, -0.2) is 22.2 Å². The van der Waals surface area contributed by atoms with Crippen molar-refractivity contribution >= 4 is 21.6 Å². The van der Waals surface area contributed by atoms with Gasteiger partial charge in [0.2, 0.25) is 10.0 Å². The average molecular weight is 482 g/mol. The Kier molecular flexibility index (Phi) is 5.97. The van der Waals surface area contributed by atoms with E-state index in [1.165, 1.54) is 29.0 Å². The molecule has 174 valence electrons. The van der Waals surface area contributed by atoms with Crippen molar-refractivity contribution in [1.82, 2.24) is 14.5 Å². The van der Waals surface area contributed by atoms with Crippen molar-refractivity contribution < 1.29 is 30.8 Å². The van der Waals surface area contributed by atoms with Gasteiger partial charge in [-0.15, -0.1) is 0 Å². The Hall–Kier alpha value is -3.25. The minimum atomic E-state index is -4.68. The lowest BCUT2D eigenvalue weighted by atomic mass is 10.2. The van der Waals surface area contributed by atoms with Crippen molar-refractivity contribution in [3.05, 3.63) is 71.3 Å². The molecule has 1 amide bonds. The fraction of sp³-hybridized carbons (Fsp3) is 0.238. The zero-order valence-corrected chi connectivity index (χ0v) is 17.8. The number of sulfonamides is 1. The number of anilines is 1. The van der Waals surface area contributed by atoms with E-state index in [1.807, 2.05) is 0 Å². The molecule has 4 rings (SSSR count). The number of carbonyl (C=O) groups excluding carboxylic acids is 1. The molecular weight excluding hydrogens is 464 g/mol. The molecule has 0 radical (unpaired) electrons. The highest BCUT2D eigenvalue weighted by atomic mass is 32.2. The van der Waals surface area contributed by atoms with E-state index in [9.17, 15) is 30.8 Å². The Morgan fingerprint density at radius 2 is 1.70 bits per heavy atom. The number of benzene rings is 2.